The zero-order chi connectivity index (χ0) is 13.9. The molecule has 0 aromatic rings. The van der Waals surface area contributed by atoms with Gasteiger partial charge in [0.15, 0.2) is 0 Å². The van der Waals surface area contributed by atoms with E-state index in [2.05, 4.69) is 17.6 Å². The maximum Gasteiger partial charge on any atom is 0.407 e. The zero-order valence-electron chi connectivity index (χ0n) is 12.2. The van der Waals surface area contributed by atoms with E-state index in [-0.39, 0.29) is 6.09 Å². The summed E-state index contributed by atoms with van der Waals surface area (Å²) >= 11 is 0. The van der Waals surface area contributed by atoms with Crippen molar-refractivity contribution in [3.05, 3.63) is 0 Å². The number of rotatable bonds is 9. The van der Waals surface area contributed by atoms with Crippen LogP contribution in [0.1, 0.15) is 40.5 Å². The summed E-state index contributed by atoms with van der Waals surface area (Å²) in [7, 11) is 0. The predicted molar refractivity (Wildman–Crippen MR) is 72.8 cm³/mol. The van der Waals surface area contributed by atoms with Gasteiger partial charge in [-0.25, -0.2) is 4.79 Å². The van der Waals surface area contributed by atoms with Crippen LogP contribution in [0.15, 0.2) is 0 Å². The average molecular weight is 260 g/mol. The molecule has 0 radical (unpaired) electrons. The molecule has 0 bridgehead atoms. The minimum atomic E-state index is -0.440. The van der Waals surface area contributed by atoms with Crippen molar-refractivity contribution in [1.29, 1.82) is 0 Å². The molecule has 0 unspecified atom stereocenters. The van der Waals surface area contributed by atoms with Gasteiger partial charge in [-0.3, -0.25) is 0 Å². The summed E-state index contributed by atoms with van der Waals surface area (Å²) in [5.41, 5.74) is -0.440. The molecule has 0 rings (SSSR count). The third-order valence-corrected chi connectivity index (χ3v) is 2.04. The van der Waals surface area contributed by atoms with Crippen LogP contribution in [-0.4, -0.2) is 44.5 Å². The fraction of sp³-hybridized carbons (Fsp3) is 0.923. The molecule has 108 valence electrons. The van der Waals surface area contributed by atoms with Gasteiger partial charge in [-0.1, -0.05) is 13.3 Å². The highest BCUT2D eigenvalue weighted by atomic mass is 16.6. The molecule has 0 aromatic carbocycles. The van der Waals surface area contributed by atoms with Gasteiger partial charge >= 0.3 is 6.09 Å². The van der Waals surface area contributed by atoms with Gasteiger partial charge in [-0.2, -0.15) is 0 Å². The van der Waals surface area contributed by atoms with E-state index < -0.39 is 5.60 Å². The van der Waals surface area contributed by atoms with E-state index >= 15 is 0 Å². The summed E-state index contributed by atoms with van der Waals surface area (Å²) in [6.45, 7) is 11.3. The Kier molecular flexibility index (Phi) is 9.69. The first-order valence-corrected chi connectivity index (χ1v) is 6.71. The molecule has 0 aliphatic heterocycles. The van der Waals surface area contributed by atoms with Crippen LogP contribution in [0.2, 0.25) is 0 Å². The lowest BCUT2D eigenvalue weighted by Gasteiger charge is -2.19. The zero-order valence-corrected chi connectivity index (χ0v) is 12.2. The summed E-state index contributed by atoms with van der Waals surface area (Å²) in [4.78, 5) is 11.3. The van der Waals surface area contributed by atoms with Crippen molar-refractivity contribution >= 4 is 6.09 Å². The van der Waals surface area contributed by atoms with E-state index in [1.807, 2.05) is 20.8 Å². The third-order valence-electron chi connectivity index (χ3n) is 2.04. The summed E-state index contributed by atoms with van der Waals surface area (Å²) in [5, 5.41) is 5.87. The molecule has 0 fully saturated rings. The normalized spacial score (nSPS) is 11.3. The van der Waals surface area contributed by atoms with Crippen LogP contribution in [0.25, 0.3) is 0 Å². The fourth-order valence-corrected chi connectivity index (χ4v) is 1.18. The lowest BCUT2D eigenvalue weighted by molar-refractivity contribution is 0.0528. The minimum Gasteiger partial charge on any atom is -0.444 e. The van der Waals surface area contributed by atoms with Crippen molar-refractivity contribution in [2.45, 2.75) is 46.1 Å². The van der Waals surface area contributed by atoms with Gasteiger partial charge in [0, 0.05) is 26.2 Å². The monoisotopic (exact) mass is 260 g/mol. The highest BCUT2D eigenvalue weighted by Crippen LogP contribution is 2.05. The van der Waals surface area contributed by atoms with Gasteiger partial charge in [0.25, 0.3) is 0 Å². The van der Waals surface area contributed by atoms with E-state index in [4.69, 9.17) is 9.47 Å². The average Bonchev–Trinajstić information content (AvgIpc) is 2.24. The Bertz CT molecular complexity index is 215. The van der Waals surface area contributed by atoms with Gasteiger partial charge in [-0.05, 0) is 27.2 Å². The van der Waals surface area contributed by atoms with E-state index in [0.717, 1.165) is 32.5 Å². The first kappa shape index (κ1) is 17.2. The van der Waals surface area contributed by atoms with Gasteiger partial charge in [0.1, 0.15) is 5.60 Å². The Morgan fingerprint density at radius 1 is 1.11 bits per heavy atom. The Labute approximate surface area is 111 Å². The molecule has 0 saturated carbocycles. The first-order chi connectivity index (χ1) is 8.45. The maximum absolute atomic E-state index is 11.3. The van der Waals surface area contributed by atoms with Crippen LogP contribution < -0.4 is 10.6 Å². The standard InChI is InChI=1S/C13H28N2O3/c1-5-6-10-17-11-9-14-7-8-15-12(16)18-13(2,3)4/h14H,5-11H2,1-4H3,(H,15,16). The lowest BCUT2D eigenvalue weighted by Crippen LogP contribution is -2.37. The molecule has 0 aliphatic rings. The van der Waals surface area contributed by atoms with Gasteiger partial charge in [-0.15, -0.1) is 0 Å². The van der Waals surface area contributed by atoms with E-state index in [1.165, 1.54) is 0 Å². The molecule has 0 saturated heterocycles. The summed E-state index contributed by atoms with van der Waals surface area (Å²) in [5.74, 6) is 0. The molecular weight excluding hydrogens is 232 g/mol. The van der Waals surface area contributed by atoms with E-state index in [1.54, 1.807) is 0 Å². The second kappa shape index (κ2) is 10.1. The summed E-state index contributed by atoms with van der Waals surface area (Å²) in [6, 6.07) is 0. The van der Waals surface area contributed by atoms with Crippen LogP contribution in [0.5, 0.6) is 0 Å². The van der Waals surface area contributed by atoms with Crippen LogP contribution >= 0.6 is 0 Å². The number of hydrogen-bond donors (Lipinski definition) is 2. The van der Waals surface area contributed by atoms with E-state index in [9.17, 15) is 4.79 Å². The molecule has 5 heteroatoms. The van der Waals surface area contributed by atoms with Crippen LogP contribution in [0.3, 0.4) is 0 Å². The van der Waals surface area contributed by atoms with Crippen molar-refractivity contribution in [1.82, 2.24) is 10.6 Å². The number of hydrogen-bond acceptors (Lipinski definition) is 4. The maximum atomic E-state index is 11.3. The fourth-order valence-electron chi connectivity index (χ4n) is 1.18. The molecule has 18 heavy (non-hydrogen) atoms. The van der Waals surface area contributed by atoms with Gasteiger partial charge < -0.3 is 20.1 Å². The highest BCUT2D eigenvalue weighted by Gasteiger charge is 2.15. The number of unbranched alkanes of at least 4 members (excludes halogenated alkanes) is 1. The quantitative estimate of drug-likeness (QED) is 0.622. The number of nitrogens with one attached hydrogen (secondary N) is 2. The second-order valence-electron chi connectivity index (χ2n) is 5.14. The van der Waals surface area contributed by atoms with Crippen molar-refractivity contribution in [3.8, 4) is 0 Å². The van der Waals surface area contributed by atoms with Gasteiger partial charge in [0.05, 0.1) is 6.61 Å². The van der Waals surface area contributed by atoms with Crippen LogP contribution in [0, 0.1) is 0 Å². The van der Waals surface area contributed by atoms with Crippen LogP contribution in [-0.2, 0) is 9.47 Å². The molecular formula is C13H28N2O3. The molecule has 0 heterocycles. The number of ether oxygens (including phenoxy) is 2. The number of amides is 1. The Balaban J connectivity index is 3.23. The molecule has 0 atom stereocenters. The van der Waals surface area contributed by atoms with Crippen molar-refractivity contribution in [2.75, 3.05) is 32.8 Å². The van der Waals surface area contributed by atoms with Crippen molar-refractivity contribution in [2.24, 2.45) is 0 Å². The Morgan fingerprint density at radius 3 is 2.44 bits per heavy atom. The minimum absolute atomic E-state index is 0.372. The van der Waals surface area contributed by atoms with E-state index in [0.29, 0.717) is 13.2 Å². The highest BCUT2D eigenvalue weighted by molar-refractivity contribution is 5.67. The molecule has 0 spiro atoms. The number of carbonyl (C=O) groups excluding carboxylic acids is 1. The van der Waals surface area contributed by atoms with Crippen molar-refractivity contribution in [3.63, 3.8) is 0 Å². The molecule has 2 N–H and O–H groups in total. The Morgan fingerprint density at radius 2 is 1.83 bits per heavy atom. The summed E-state index contributed by atoms with van der Waals surface area (Å²) in [6.07, 6.45) is 1.90. The SMILES string of the molecule is CCCCOCCNCCNC(=O)OC(C)(C)C. The predicted octanol–water partition coefficient (Wildman–Crippen LogP) is 1.92. The second-order valence-corrected chi connectivity index (χ2v) is 5.14. The molecule has 0 aliphatic carbocycles. The number of alkyl carbamates (subject to hydrolysis) is 1. The number of carbonyl (C=O) groups is 1. The molecule has 1 amide bonds. The lowest BCUT2D eigenvalue weighted by atomic mass is 10.2. The molecule has 5 nitrogen and oxygen atoms in total. The van der Waals surface area contributed by atoms with Crippen LogP contribution in [0.4, 0.5) is 4.79 Å². The third kappa shape index (κ3) is 13.3. The largest absolute Gasteiger partial charge is 0.444 e. The smallest absolute Gasteiger partial charge is 0.407 e. The van der Waals surface area contributed by atoms with Gasteiger partial charge in [0.2, 0.25) is 0 Å². The molecule has 0 aromatic heterocycles. The Hall–Kier alpha value is -0.810. The first-order valence-electron chi connectivity index (χ1n) is 6.71. The summed E-state index contributed by atoms with van der Waals surface area (Å²) < 4.78 is 10.5. The van der Waals surface area contributed by atoms with Crippen molar-refractivity contribution < 1.29 is 14.3 Å². The topological polar surface area (TPSA) is 59.6 Å².